The van der Waals surface area contributed by atoms with Crippen molar-refractivity contribution in [3.05, 3.63) is 206 Å². The predicted octanol–water partition coefficient (Wildman–Crippen LogP) is 13.4. The van der Waals surface area contributed by atoms with Gasteiger partial charge in [-0.05, 0) is 120 Å². The van der Waals surface area contributed by atoms with Crippen LogP contribution in [0.4, 0.5) is 0 Å². The molecule has 236 valence electrons. The summed E-state index contributed by atoms with van der Waals surface area (Å²) in [5.74, 6) is 0. The first-order valence-electron chi connectivity index (χ1n) is 17.0. The van der Waals surface area contributed by atoms with Crippen LogP contribution in [0.2, 0.25) is 0 Å². The van der Waals surface area contributed by atoms with Crippen LogP contribution < -0.4 is 0 Å². The third kappa shape index (κ3) is 6.58. The molecule has 0 aliphatic rings. The first kappa shape index (κ1) is 30.7. The molecule has 0 saturated heterocycles. The molecule has 0 fully saturated rings. The summed E-state index contributed by atoms with van der Waals surface area (Å²) < 4.78 is 0. The summed E-state index contributed by atoms with van der Waals surface area (Å²) in [5.41, 5.74) is 17.6. The van der Waals surface area contributed by atoms with Crippen molar-refractivity contribution in [3.63, 3.8) is 0 Å². The SMILES string of the molecule is N=Cc1ccc(-c2cccc(-c3cccc(-c4cccc(-c5cccc(-c6cccc(-c7cccc(-c8ccccc8)c7)c6)c5)c4)c3)c2)cc1. The van der Waals surface area contributed by atoms with Crippen molar-refractivity contribution in [2.75, 3.05) is 0 Å². The van der Waals surface area contributed by atoms with Gasteiger partial charge in [0.05, 0.1) is 0 Å². The van der Waals surface area contributed by atoms with Crippen molar-refractivity contribution in [1.82, 2.24) is 0 Å². The highest BCUT2D eigenvalue weighted by atomic mass is 14.3. The average molecular weight is 638 g/mol. The Morgan fingerprint density at radius 1 is 0.220 bits per heavy atom. The summed E-state index contributed by atoms with van der Waals surface area (Å²) in [5, 5.41) is 7.50. The molecule has 0 radical (unpaired) electrons. The zero-order chi connectivity index (χ0) is 33.7. The van der Waals surface area contributed by atoms with E-state index in [1.54, 1.807) is 0 Å². The lowest BCUT2D eigenvalue weighted by Gasteiger charge is -2.11. The average Bonchev–Trinajstić information content (AvgIpc) is 3.21. The Hall–Kier alpha value is -6.57. The van der Waals surface area contributed by atoms with E-state index in [2.05, 4.69) is 188 Å². The Morgan fingerprint density at radius 3 is 0.700 bits per heavy atom. The van der Waals surface area contributed by atoms with Crippen LogP contribution in [0, 0.1) is 5.41 Å². The fraction of sp³-hybridized carbons (Fsp3) is 0. The summed E-state index contributed by atoms with van der Waals surface area (Å²) in [6.07, 6.45) is 1.38. The van der Waals surface area contributed by atoms with Gasteiger partial charge in [-0.3, -0.25) is 0 Å². The van der Waals surface area contributed by atoms with Crippen LogP contribution in [0.15, 0.2) is 200 Å². The summed E-state index contributed by atoms with van der Waals surface area (Å²) in [7, 11) is 0. The quantitative estimate of drug-likeness (QED) is 0.160. The van der Waals surface area contributed by atoms with Crippen LogP contribution in [0.3, 0.4) is 0 Å². The topological polar surface area (TPSA) is 23.9 Å². The van der Waals surface area contributed by atoms with Crippen molar-refractivity contribution in [2.45, 2.75) is 0 Å². The number of rotatable bonds is 8. The van der Waals surface area contributed by atoms with Crippen molar-refractivity contribution >= 4 is 6.21 Å². The molecule has 0 amide bonds. The maximum atomic E-state index is 7.50. The molecule has 0 spiro atoms. The van der Waals surface area contributed by atoms with Gasteiger partial charge in [-0.15, -0.1) is 0 Å². The van der Waals surface area contributed by atoms with Gasteiger partial charge in [0.25, 0.3) is 0 Å². The summed E-state index contributed by atoms with van der Waals surface area (Å²) in [6, 6.07) is 71.5. The second kappa shape index (κ2) is 13.9. The molecule has 50 heavy (non-hydrogen) atoms. The third-order valence-corrected chi connectivity index (χ3v) is 9.36. The molecule has 1 nitrogen and oxygen atoms in total. The first-order chi connectivity index (χ1) is 24.7. The highest BCUT2D eigenvalue weighted by Crippen LogP contribution is 2.34. The fourth-order valence-corrected chi connectivity index (χ4v) is 6.67. The number of hydrogen-bond donors (Lipinski definition) is 1. The molecule has 8 aromatic carbocycles. The highest BCUT2D eigenvalue weighted by molar-refractivity contribution is 5.83. The fourth-order valence-electron chi connectivity index (χ4n) is 6.67. The monoisotopic (exact) mass is 637 g/mol. The van der Waals surface area contributed by atoms with Gasteiger partial charge in [0.15, 0.2) is 0 Å². The minimum Gasteiger partial charge on any atom is -0.308 e. The first-order valence-corrected chi connectivity index (χ1v) is 17.0. The van der Waals surface area contributed by atoms with Gasteiger partial charge in [0.2, 0.25) is 0 Å². The molecule has 0 unspecified atom stereocenters. The summed E-state index contributed by atoms with van der Waals surface area (Å²) >= 11 is 0. The van der Waals surface area contributed by atoms with Crippen molar-refractivity contribution < 1.29 is 0 Å². The molecule has 0 bridgehead atoms. The minimum atomic E-state index is 0.904. The zero-order valence-electron chi connectivity index (χ0n) is 27.6. The molecule has 0 atom stereocenters. The van der Waals surface area contributed by atoms with Gasteiger partial charge in [-0.25, -0.2) is 0 Å². The molecular formula is C49H35N. The molecule has 0 aliphatic heterocycles. The van der Waals surface area contributed by atoms with Gasteiger partial charge in [-0.1, -0.05) is 164 Å². The lowest BCUT2D eigenvalue weighted by Crippen LogP contribution is -1.86. The van der Waals surface area contributed by atoms with Gasteiger partial charge in [0, 0.05) is 6.21 Å². The summed E-state index contributed by atoms with van der Waals surface area (Å²) in [6.45, 7) is 0. The normalized spacial score (nSPS) is 10.9. The van der Waals surface area contributed by atoms with Crippen molar-refractivity contribution in [3.8, 4) is 77.9 Å². The zero-order valence-corrected chi connectivity index (χ0v) is 27.6. The molecule has 1 heteroatoms. The van der Waals surface area contributed by atoms with Crippen molar-refractivity contribution in [1.29, 1.82) is 5.41 Å². The molecule has 0 aromatic heterocycles. The van der Waals surface area contributed by atoms with Crippen LogP contribution in [-0.2, 0) is 0 Å². The Kier molecular flexibility index (Phi) is 8.54. The predicted molar refractivity (Wildman–Crippen MR) is 212 cm³/mol. The van der Waals surface area contributed by atoms with Gasteiger partial charge < -0.3 is 5.41 Å². The van der Waals surface area contributed by atoms with E-state index in [0.717, 1.165) is 16.7 Å². The van der Waals surface area contributed by atoms with E-state index in [0.29, 0.717) is 0 Å². The Bertz CT molecular complexity index is 2440. The second-order valence-corrected chi connectivity index (χ2v) is 12.6. The maximum absolute atomic E-state index is 7.50. The largest absolute Gasteiger partial charge is 0.308 e. The Labute approximate surface area is 294 Å². The molecule has 0 aliphatic carbocycles. The molecular weight excluding hydrogens is 603 g/mol. The van der Waals surface area contributed by atoms with Gasteiger partial charge >= 0.3 is 0 Å². The molecule has 0 heterocycles. The van der Waals surface area contributed by atoms with Gasteiger partial charge in [-0.2, -0.15) is 0 Å². The Balaban J connectivity index is 1.07. The number of benzene rings is 8. The molecule has 8 aromatic rings. The second-order valence-electron chi connectivity index (χ2n) is 12.6. The smallest absolute Gasteiger partial charge is 0.0250 e. The van der Waals surface area contributed by atoms with E-state index < -0.39 is 0 Å². The third-order valence-electron chi connectivity index (χ3n) is 9.36. The van der Waals surface area contributed by atoms with Crippen LogP contribution in [-0.4, -0.2) is 6.21 Å². The van der Waals surface area contributed by atoms with Crippen LogP contribution >= 0.6 is 0 Å². The highest BCUT2D eigenvalue weighted by Gasteiger charge is 2.09. The van der Waals surface area contributed by atoms with E-state index in [-0.39, 0.29) is 0 Å². The molecule has 8 rings (SSSR count). The van der Waals surface area contributed by atoms with E-state index >= 15 is 0 Å². The molecule has 1 N–H and O–H groups in total. The van der Waals surface area contributed by atoms with E-state index in [1.807, 2.05) is 12.1 Å². The van der Waals surface area contributed by atoms with E-state index in [1.165, 1.54) is 73.0 Å². The lowest BCUT2D eigenvalue weighted by molar-refractivity contribution is 1.53. The standard InChI is InChI=1S/C49H35N/c50-34-35-24-26-37(27-25-35)39-13-5-15-41(29-39)43-17-7-19-45(31-43)47-21-9-23-49(33-47)48-22-8-20-46(32-48)44-18-6-16-42(30-44)40-14-4-12-38(28-40)36-10-2-1-3-11-36/h1-34,50H. The van der Waals surface area contributed by atoms with Crippen LogP contribution in [0.25, 0.3) is 77.9 Å². The summed E-state index contributed by atoms with van der Waals surface area (Å²) in [4.78, 5) is 0. The maximum Gasteiger partial charge on any atom is 0.0250 e. The minimum absolute atomic E-state index is 0.904. The van der Waals surface area contributed by atoms with Gasteiger partial charge in [0.1, 0.15) is 0 Å². The number of nitrogens with one attached hydrogen (secondary N) is 1. The molecule has 0 saturated carbocycles. The van der Waals surface area contributed by atoms with Crippen LogP contribution in [0.1, 0.15) is 5.56 Å². The van der Waals surface area contributed by atoms with Crippen molar-refractivity contribution in [2.24, 2.45) is 0 Å². The lowest BCUT2D eigenvalue weighted by atomic mass is 9.93. The van der Waals surface area contributed by atoms with E-state index in [9.17, 15) is 0 Å². The Morgan fingerprint density at radius 2 is 0.440 bits per heavy atom. The van der Waals surface area contributed by atoms with E-state index in [4.69, 9.17) is 5.41 Å². The number of hydrogen-bond acceptors (Lipinski definition) is 1. The van der Waals surface area contributed by atoms with Crippen LogP contribution in [0.5, 0.6) is 0 Å².